The van der Waals surface area contributed by atoms with E-state index in [1.165, 1.54) is 4.90 Å². The Morgan fingerprint density at radius 3 is 2.96 bits per heavy atom. The van der Waals surface area contributed by atoms with Gasteiger partial charge in [0.05, 0.1) is 35.0 Å². The molecule has 2 atom stereocenters. The number of nitriles is 1. The van der Waals surface area contributed by atoms with Gasteiger partial charge in [-0.2, -0.15) is 5.26 Å². The lowest BCUT2D eigenvalue weighted by Crippen LogP contribution is -2.40. The van der Waals surface area contributed by atoms with Crippen molar-refractivity contribution in [3.63, 3.8) is 0 Å². The van der Waals surface area contributed by atoms with Crippen LogP contribution >= 0.6 is 11.6 Å². The minimum Gasteiger partial charge on any atom is -0.391 e. The Kier molecular flexibility index (Phi) is 3.88. The molecular weight excluding hydrogens is 318 g/mol. The monoisotopic (exact) mass is 333 g/mol. The van der Waals surface area contributed by atoms with Crippen molar-refractivity contribution >= 4 is 29.3 Å². The lowest BCUT2D eigenvalue weighted by Gasteiger charge is -2.19. The molecule has 0 radical (unpaired) electrons. The quantitative estimate of drug-likeness (QED) is 0.808. The zero-order valence-corrected chi connectivity index (χ0v) is 13.3. The summed E-state index contributed by atoms with van der Waals surface area (Å²) in [6.07, 6.45) is 0.124. The molecule has 2 fully saturated rings. The van der Waals surface area contributed by atoms with Gasteiger partial charge in [0.1, 0.15) is 6.07 Å². The van der Waals surface area contributed by atoms with Crippen molar-refractivity contribution in [2.24, 2.45) is 10.7 Å². The average molecular weight is 334 g/mol. The number of primary amides is 1. The largest absolute Gasteiger partial charge is 0.391 e. The van der Waals surface area contributed by atoms with E-state index < -0.39 is 12.1 Å². The zero-order chi connectivity index (χ0) is 16.7. The normalized spacial score (nSPS) is 24.9. The predicted molar refractivity (Wildman–Crippen MR) is 85.4 cm³/mol. The third-order valence-electron chi connectivity index (χ3n) is 4.34. The zero-order valence-electron chi connectivity index (χ0n) is 12.5. The molecule has 2 saturated heterocycles. The van der Waals surface area contributed by atoms with Crippen LogP contribution in [0.5, 0.6) is 0 Å². The maximum atomic E-state index is 11.7. The first-order valence-electron chi connectivity index (χ1n) is 7.23. The summed E-state index contributed by atoms with van der Waals surface area (Å²) in [6, 6.07) is 4.50. The molecule has 2 heterocycles. The van der Waals surface area contributed by atoms with Crippen molar-refractivity contribution in [2.45, 2.75) is 25.5 Å². The van der Waals surface area contributed by atoms with Crippen LogP contribution in [-0.2, 0) is 0 Å². The van der Waals surface area contributed by atoms with Crippen molar-refractivity contribution in [2.75, 3.05) is 13.1 Å². The number of halogens is 1. The number of rotatable bonds is 1. The first-order valence-corrected chi connectivity index (χ1v) is 7.61. The van der Waals surface area contributed by atoms with E-state index in [4.69, 9.17) is 22.6 Å². The van der Waals surface area contributed by atoms with Crippen molar-refractivity contribution in [3.8, 4) is 6.07 Å². The van der Waals surface area contributed by atoms with Crippen LogP contribution in [0.15, 0.2) is 17.1 Å². The van der Waals surface area contributed by atoms with Crippen molar-refractivity contribution < 1.29 is 9.90 Å². The van der Waals surface area contributed by atoms with E-state index in [0.717, 1.165) is 0 Å². The first-order chi connectivity index (χ1) is 10.9. The van der Waals surface area contributed by atoms with Gasteiger partial charge in [-0.3, -0.25) is 4.90 Å². The van der Waals surface area contributed by atoms with Crippen molar-refractivity contribution in [3.05, 3.63) is 28.3 Å². The number of aliphatic hydroxyl groups is 1. The molecule has 3 N–H and O–H groups in total. The van der Waals surface area contributed by atoms with Crippen LogP contribution < -0.4 is 5.73 Å². The lowest BCUT2D eigenvalue weighted by molar-refractivity contribution is 0.144. The summed E-state index contributed by atoms with van der Waals surface area (Å²) in [7, 11) is 0. The Morgan fingerprint density at radius 1 is 1.57 bits per heavy atom. The van der Waals surface area contributed by atoms with Crippen LogP contribution in [0.4, 0.5) is 10.5 Å². The summed E-state index contributed by atoms with van der Waals surface area (Å²) < 4.78 is 0. The molecule has 120 valence electrons. The molecule has 3 rings (SSSR count). The molecule has 1 aromatic rings. The Hall–Kier alpha value is -2.30. The Labute approximate surface area is 138 Å². The highest BCUT2D eigenvalue weighted by atomic mass is 35.5. The molecule has 0 aliphatic carbocycles. The summed E-state index contributed by atoms with van der Waals surface area (Å²) in [5.41, 5.74) is 7.03. The highest BCUT2D eigenvalue weighted by molar-refractivity contribution is 6.32. The molecule has 23 heavy (non-hydrogen) atoms. The van der Waals surface area contributed by atoms with E-state index >= 15 is 0 Å². The second kappa shape index (κ2) is 5.72. The van der Waals surface area contributed by atoms with Gasteiger partial charge >= 0.3 is 6.03 Å². The third-order valence-corrected chi connectivity index (χ3v) is 4.83. The van der Waals surface area contributed by atoms with Gasteiger partial charge in [0.2, 0.25) is 5.96 Å². The predicted octanol–water partition coefficient (Wildman–Crippen LogP) is 1.34. The van der Waals surface area contributed by atoms with E-state index in [0.29, 0.717) is 47.3 Å². The Morgan fingerprint density at radius 2 is 2.30 bits per heavy atom. The number of urea groups is 1. The lowest BCUT2D eigenvalue weighted by atomic mass is 10.1. The summed E-state index contributed by atoms with van der Waals surface area (Å²) in [4.78, 5) is 19.5. The fourth-order valence-electron chi connectivity index (χ4n) is 3.03. The van der Waals surface area contributed by atoms with Crippen LogP contribution in [0.3, 0.4) is 0 Å². The number of aliphatic hydroxyl groups excluding tert-OH is 1. The van der Waals surface area contributed by atoms with Crippen LogP contribution in [0.1, 0.15) is 17.5 Å². The number of amides is 2. The number of carbonyl (C=O) groups is 1. The SMILES string of the molecule is Cc1c(/N=C2\N(C(N)=O)CC3C(O)CCN23)ccc(C#N)c1Cl. The van der Waals surface area contributed by atoms with Gasteiger partial charge in [-0.1, -0.05) is 11.6 Å². The van der Waals surface area contributed by atoms with Crippen LogP contribution in [0.2, 0.25) is 5.02 Å². The number of guanidine groups is 1. The number of nitrogens with two attached hydrogens (primary N) is 1. The number of nitrogens with zero attached hydrogens (tertiary/aromatic N) is 4. The molecule has 0 aromatic heterocycles. The van der Waals surface area contributed by atoms with Gasteiger partial charge < -0.3 is 15.7 Å². The van der Waals surface area contributed by atoms with Gasteiger partial charge in [0.15, 0.2) is 0 Å². The fraction of sp³-hybridized carbons (Fsp3) is 0.400. The number of carbonyl (C=O) groups excluding carboxylic acids is 1. The summed E-state index contributed by atoms with van der Waals surface area (Å²) in [5, 5.41) is 19.4. The molecule has 2 amide bonds. The topological polar surface area (TPSA) is 106 Å². The van der Waals surface area contributed by atoms with Crippen LogP contribution in [0.25, 0.3) is 0 Å². The van der Waals surface area contributed by atoms with Crippen LogP contribution in [0, 0.1) is 18.3 Å². The second-order valence-corrected chi connectivity index (χ2v) is 6.04. The van der Waals surface area contributed by atoms with E-state index in [1.54, 1.807) is 19.1 Å². The highest BCUT2D eigenvalue weighted by Gasteiger charge is 2.45. The molecule has 7 nitrogen and oxygen atoms in total. The summed E-state index contributed by atoms with van der Waals surface area (Å²) >= 11 is 6.17. The Bertz CT molecular complexity index is 742. The maximum Gasteiger partial charge on any atom is 0.321 e. The molecule has 8 heteroatoms. The van der Waals surface area contributed by atoms with Gasteiger partial charge in [-0.05, 0) is 31.0 Å². The molecule has 0 spiro atoms. The van der Waals surface area contributed by atoms with E-state index in [2.05, 4.69) is 4.99 Å². The number of benzene rings is 1. The minimum atomic E-state index is -0.609. The van der Waals surface area contributed by atoms with E-state index in [-0.39, 0.29) is 6.04 Å². The van der Waals surface area contributed by atoms with Gasteiger partial charge in [0, 0.05) is 6.54 Å². The standard InChI is InChI=1S/C15H16ClN5O2/c1-8-10(3-2-9(6-17)13(8)16)19-15-20-5-4-12(22)11(20)7-21(15)14(18)23/h2-3,11-12,22H,4-5,7H2,1H3,(H2,18,23)/b19-15-. The van der Waals surface area contributed by atoms with Gasteiger partial charge in [-0.15, -0.1) is 0 Å². The molecule has 0 saturated carbocycles. The second-order valence-electron chi connectivity index (χ2n) is 5.66. The van der Waals surface area contributed by atoms with Crippen molar-refractivity contribution in [1.82, 2.24) is 9.80 Å². The number of hydrogen-bond donors (Lipinski definition) is 2. The van der Waals surface area contributed by atoms with E-state index in [9.17, 15) is 9.90 Å². The molecular formula is C15H16ClN5O2. The first kappa shape index (κ1) is 15.6. The molecule has 1 aromatic carbocycles. The highest BCUT2D eigenvalue weighted by Crippen LogP contribution is 2.32. The van der Waals surface area contributed by atoms with Crippen LogP contribution in [-0.4, -0.2) is 52.1 Å². The summed E-state index contributed by atoms with van der Waals surface area (Å²) in [6.45, 7) is 2.69. The number of hydrogen-bond acceptors (Lipinski definition) is 4. The Balaban J connectivity index is 2.05. The van der Waals surface area contributed by atoms with Crippen molar-refractivity contribution in [1.29, 1.82) is 5.26 Å². The minimum absolute atomic E-state index is 0.185. The molecule has 0 bridgehead atoms. The molecule has 2 aliphatic rings. The smallest absolute Gasteiger partial charge is 0.321 e. The van der Waals surface area contributed by atoms with Gasteiger partial charge in [0.25, 0.3) is 0 Å². The van der Waals surface area contributed by atoms with E-state index in [1.807, 2.05) is 11.0 Å². The number of aliphatic imine (C=N–C) groups is 1. The third kappa shape index (κ3) is 2.50. The summed E-state index contributed by atoms with van der Waals surface area (Å²) in [5.74, 6) is 0.419. The number of fused-ring (bicyclic) bond motifs is 1. The van der Waals surface area contributed by atoms with Gasteiger partial charge in [-0.25, -0.2) is 9.79 Å². The average Bonchev–Trinajstić information content (AvgIpc) is 3.05. The molecule has 2 aliphatic heterocycles. The maximum absolute atomic E-state index is 11.7. The molecule has 2 unspecified atom stereocenters. The fourth-order valence-corrected chi connectivity index (χ4v) is 3.23.